The molecule has 3 N–H and O–H groups in total. The Labute approximate surface area is 219 Å². The maximum absolute atomic E-state index is 13.2. The van der Waals surface area contributed by atoms with Crippen LogP contribution >= 0.6 is 0 Å². The molecule has 0 aliphatic carbocycles. The van der Waals surface area contributed by atoms with E-state index in [0.717, 1.165) is 31.1 Å². The molecule has 1 saturated heterocycles. The van der Waals surface area contributed by atoms with Gasteiger partial charge in [0.2, 0.25) is 5.91 Å². The molecule has 0 radical (unpaired) electrons. The lowest BCUT2D eigenvalue weighted by Crippen LogP contribution is -2.47. The van der Waals surface area contributed by atoms with Gasteiger partial charge >= 0.3 is 12.3 Å². The lowest BCUT2D eigenvalue weighted by Gasteiger charge is -2.34. The van der Waals surface area contributed by atoms with Gasteiger partial charge in [0.15, 0.2) is 5.82 Å². The summed E-state index contributed by atoms with van der Waals surface area (Å²) >= 11 is 0. The first kappa shape index (κ1) is 28.7. The number of ether oxygens (including phenoxy) is 2. The van der Waals surface area contributed by atoms with Gasteiger partial charge < -0.3 is 25.4 Å². The zero-order chi connectivity index (χ0) is 28.3. The fraction of sp³-hybridized carbons (Fsp3) is 0.462. The van der Waals surface area contributed by atoms with Crippen LogP contribution in [-0.4, -0.2) is 58.9 Å². The monoisotopic (exact) mass is 535 g/mol. The minimum atomic E-state index is -4.54. The van der Waals surface area contributed by atoms with Crippen molar-refractivity contribution in [1.82, 2.24) is 15.1 Å². The smallest absolute Gasteiger partial charge is 0.416 e. The quantitative estimate of drug-likeness (QED) is 0.511. The molecular formula is C26H32F3N5O4. The molecule has 3 rings (SSSR count). The molecule has 9 nitrogen and oxygen atoms in total. The summed E-state index contributed by atoms with van der Waals surface area (Å²) in [5, 5.41) is 11.9. The fourth-order valence-electron chi connectivity index (χ4n) is 4.11. The number of likely N-dealkylation sites (tertiary alicyclic amines) is 1. The van der Waals surface area contributed by atoms with Crippen molar-refractivity contribution in [1.29, 1.82) is 0 Å². The molecule has 2 aromatic rings. The van der Waals surface area contributed by atoms with Crippen molar-refractivity contribution in [3.8, 4) is 17.0 Å². The van der Waals surface area contributed by atoms with Crippen LogP contribution in [0.25, 0.3) is 17.3 Å². The van der Waals surface area contributed by atoms with Crippen molar-refractivity contribution in [3.05, 3.63) is 41.0 Å². The molecule has 1 aromatic heterocycles. The standard InChI is InChI=1S/C26H32F3N5O4/c1-15-18(10-11-21(30)35)23(31-17-7-6-12-34(14-17)24(36)38-25(2,3)4)33-32-22(15)19-9-8-16(26(27,28)29)13-20(19)37-5/h8-11,13,17H,6-7,12,14H2,1-5H3,(H2,30,35)(H,31,33)/b11-10+/t17-/m1/s1. The summed E-state index contributed by atoms with van der Waals surface area (Å²) in [7, 11) is 1.27. The topological polar surface area (TPSA) is 120 Å². The number of primary amides is 1. The molecule has 1 fully saturated rings. The third-order valence-electron chi connectivity index (χ3n) is 5.88. The minimum absolute atomic E-state index is 0.0250. The number of aromatic nitrogens is 2. The number of hydrogen-bond donors (Lipinski definition) is 2. The second-order valence-electron chi connectivity index (χ2n) is 9.99. The van der Waals surface area contributed by atoms with Gasteiger partial charge in [0.1, 0.15) is 17.0 Å². The molecule has 1 aromatic carbocycles. The number of nitrogens with one attached hydrogen (secondary N) is 1. The number of halogens is 3. The average Bonchev–Trinajstić information content (AvgIpc) is 2.82. The van der Waals surface area contributed by atoms with Crippen LogP contribution in [0.3, 0.4) is 0 Å². The number of hydrogen-bond acceptors (Lipinski definition) is 7. The Morgan fingerprint density at radius 3 is 2.53 bits per heavy atom. The first-order chi connectivity index (χ1) is 17.7. The van der Waals surface area contributed by atoms with E-state index in [1.54, 1.807) is 32.6 Å². The normalized spacial score (nSPS) is 16.4. The van der Waals surface area contributed by atoms with Crippen LogP contribution in [-0.2, 0) is 15.7 Å². The van der Waals surface area contributed by atoms with Gasteiger partial charge in [-0.05, 0) is 70.4 Å². The Morgan fingerprint density at radius 1 is 1.21 bits per heavy atom. The number of benzene rings is 1. The molecule has 12 heteroatoms. The number of anilines is 1. The van der Waals surface area contributed by atoms with Gasteiger partial charge in [-0.2, -0.15) is 13.2 Å². The van der Waals surface area contributed by atoms with Crippen LogP contribution in [0.2, 0.25) is 0 Å². The fourth-order valence-corrected chi connectivity index (χ4v) is 4.11. The summed E-state index contributed by atoms with van der Waals surface area (Å²) in [5.41, 5.74) is 5.43. The Bertz CT molecular complexity index is 1220. The number of rotatable bonds is 6. The maximum atomic E-state index is 13.2. The number of carbonyl (C=O) groups is 2. The highest BCUT2D eigenvalue weighted by atomic mass is 19.4. The number of carbonyl (C=O) groups excluding carboxylic acids is 2. The van der Waals surface area contributed by atoms with Crippen LogP contribution in [0, 0.1) is 6.92 Å². The lowest BCUT2D eigenvalue weighted by atomic mass is 9.99. The summed E-state index contributed by atoms with van der Waals surface area (Å²) in [4.78, 5) is 25.7. The average molecular weight is 536 g/mol. The van der Waals surface area contributed by atoms with Gasteiger partial charge in [-0.25, -0.2) is 4.79 Å². The Balaban J connectivity index is 1.96. The van der Waals surface area contributed by atoms with E-state index < -0.39 is 29.3 Å². The molecular weight excluding hydrogens is 503 g/mol. The van der Waals surface area contributed by atoms with E-state index >= 15 is 0 Å². The van der Waals surface area contributed by atoms with Crippen molar-refractivity contribution in [2.75, 3.05) is 25.5 Å². The van der Waals surface area contributed by atoms with E-state index in [9.17, 15) is 22.8 Å². The molecule has 1 atom stereocenters. The molecule has 0 bridgehead atoms. The molecule has 0 saturated carbocycles. The Morgan fingerprint density at radius 2 is 1.92 bits per heavy atom. The van der Waals surface area contributed by atoms with Crippen LogP contribution in [0.1, 0.15) is 50.3 Å². The number of nitrogens with two attached hydrogens (primary N) is 1. The molecule has 1 aliphatic rings. The first-order valence-corrected chi connectivity index (χ1v) is 12.0. The summed E-state index contributed by atoms with van der Waals surface area (Å²) in [6, 6.07) is 2.93. The van der Waals surface area contributed by atoms with Crippen LogP contribution in [0.4, 0.5) is 23.8 Å². The van der Waals surface area contributed by atoms with Gasteiger partial charge in [-0.15, -0.1) is 10.2 Å². The number of alkyl halides is 3. The SMILES string of the molecule is COc1cc(C(F)(F)F)ccc1-c1nnc(N[C@@H]2CCCN(C(=O)OC(C)(C)C)C2)c(/C=C/C(N)=O)c1C. The molecule has 2 heterocycles. The largest absolute Gasteiger partial charge is 0.496 e. The summed E-state index contributed by atoms with van der Waals surface area (Å²) < 4.78 is 50.4. The van der Waals surface area contributed by atoms with E-state index in [1.165, 1.54) is 19.3 Å². The van der Waals surface area contributed by atoms with Crippen LogP contribution < -0.4 is 15.8 Å². The molecule has 0 spiro atoms. The second-order valence-corrected chi connectivity index (χ2v) is 9.99. The number of methoxy groups -OCH3 is 1. The zero-order valence-electron chi connectivity index (χ0n) is 22.0. The second kappa shape index (κ2) is 11.3. The third-order valence-corrected chi connectivity index (χ3v) is 5.88. The van der Waals surface area contributed by atoms with Gasteiger partial charge in [0.25, 0.3) is 0 Å². The highest BCUT2D eigenvalue weighted by Crippen LogP contribution is 2.38. The van der Waals surface area contributed by atoms with E-state index in [1.807, 2.05) is 0 Å². The lowest BCUT2D eigenvalue weighted by molar-refractivity contribution is -0.137. The van der Waals surface area contributed by atoms with E-state index in [2.05, 4.69) is 15.5 Å². The van der Waals surface area contributed by atoms with E-state index in [4.69, 9.17) is 15.2 Å². The van der Waals surface area contributed by atoms with Crippen molar-refractivity contribution in [2.45, 2.75) is 58.4 Å². The summed E-state index contributed by atoms with van der Waals surface area (Å²) in [6.07, 6.45) is -0.836. The van der Waals surface area contributed by atoms with Gasteiger partial charge in [-0.1, -0.05) is 0 Å². The molecule has 206 valence electrons. The van der Waals surface area contributed by atoms with Crippen molar-refractivity contribution < 1.29 is 32.2 Å². The maximum Gasteiger partial charge on any atom is 0.416 e. The molecule has 0 unspecified atom stereocenters. The first-order valence-electron chi connectivity index (χ1n) is 12.0. The van der Waals surface area contributed by atoms with Crippen LogP contribution in [0.5, 0.6) is 5.75 Å². The van der Waals surface area contributed by atoms with E-state index in [-0.39, 0.29) is 17.5 Å². The van der Waals surface area contributed by atoms with E-state index in [0.29, 0.717) is 35.6 Å². The Hall–Kier alpha value is -3.83. The highest BCUT2D eigenvalue weighted by Gasteiger charge is 2.32. The number of amides is 2. The summed E-state index contributed by atoms with van der Waals surface area (Å²) in [5.74, 6) is -0.372. The van der Waals surface area contributed by atoms with Crippen molar-refractivity contribution in [3.63, 3.8) is 0 Å². The van der Waals surface area contributed by atoms with Crippen LogP contribution in [0.15, 0.2) is 24.3 Å². The minimum Gasteiger partial charge on any atom is -0.496 e. The van der Waals surface area contributed by atoms with Crippen molar-refractivity contribution >= 4 is 23.9 Å². The molecule has 38 heavy (non-hydrogen) atoms. The summed E-state index contributed by atoms with van der Waals surface area (Å²) in [6.45, 7) is 8.03. The molecule has 1 aliphatic heterocycles. The number of nitrogens with zero attached hydrogens (tertiary/aromatic N) is 3. The third kappa shape index (κ3) is 7.14. The van der Waals surface area contributed by atoms with Crippen molar-refractivity contribution in [2.24, 2.45) is 5.73 Å². The zero-order valence-corrected chi connectivity index (χ0v) is 22.0. The predicted octanol–water partition coefficient (Wildman–Crippen LogP) is 4.79. The van der Waals surface area contributed by atoms with Gasteiger partial charge in [0.05, 0.1) is 12.7 Å². The highest BCUT2D eigenvalue weighted by molar-refractivity contribution is 5.92. The predicted molar refractivity (Wildman–Crippen MR) is 136 cm³/mol. The van der Waals surface area contributed by atoms with Gasteiger partial charge in [-0.3, -0.25) is 4.79 Å². The number of piperidine rings is 1. The Kier molecular flexibility index (Phi) is 8.53. The van der Waals surface area contributed by atoms with Gasteiger partial charge in [0, 0.05) is 36.3 Å². The molecule has 2 amide bonds.